The van der Waals surface area contributed by atoms with Gasteiger partial charge in [0.15, 0.2) is 0 Å². The highest BCUT2D eigenvalue weighted by Crippen LogP contribution is 2.36. The minimum atomic E-state index is 0.00519. The lowest BCUT2D eigenvalue weighted by Gasteiger charge is -2.56. The van der Waals surface area contributed by atoms with Crippen molar-refractivity contribution in [1.29, 1.82) is 0 Å². The Morgan fingerprint density at radius 2 is 1.92 bits per heavy atom. The fraction of sp³-hybridized carbons (Fsp3) is 1.00. The van der Waals surface area contributed by atoms with E-state index in [9.17, 15) is 10.3 Å². The van der Waals surface area contributed by atoms with E-state index >= 15 is 0 Å². The number of aliphatic hydroxyl groups excluding tert-OH is 1. The van der Waals surface area contributed by atoms with Crippen molar-refractivity contribution < 1.29 is 9.75 Å². The van der Waals surface area contributed by atoms with Crippen LogP contribution >= 0.6 is 0 Å². The Kier molecular flexibility index (Phi) is 2.58. The van der Waals surface area contributed by atoms with Crippen LogP contribution in [0, 0.1) is 11.1 Å². The van der Waals surface area contributed by atoms with Gasteiger partial charge in [0.1, 0.15) is 0 Å². The molecule has 2 heterocycles. The van der Waals surface area contributed by atoms with E-state index in [4.69, 9.17) is 0 Å². The lowest BCUT2D eigenvalue weighted by Crippen LogP contribution is -2.60. The van der Waals surface area contributed by atoms with Crippen LogP contribution in [0.3, 0.4) is 0 Å². The number of nitrogens with zero attached hydrogens (tertiary/aromatic N) is 1. The Hall–Kier alpha value is -0.120. The van der Waals surface area contributed by atoms with Crippen LogP contribution in [-0.2, 0) is 0 Å². The van der Waals surface area contributed by atoms with Crippen molar-refractivity contribution in [2.75, 3.05) is 19.7 Å². The molecule has 2 fully saturated rings. The van der Waals surface area contributed by atoms with Gasteiger partial charge >= 0.3 is 0 Å². The third kappa shape index (κ3) is 1.60. The van der Waals surface area contributed by atoms with Crippen molar-refractivity contribution in [1.82, 2.24) is 0 Å². The second-order valence-corrected chi connectivity index (χ2v) is 4.55. The number of rotatable bonds is 1. The van der Waals surface area contributed by atoms with Gasteiger partial charge in [-0.1, -0.05) is 0 Å². The van der Waals surface area contributed by atoms with E-state index in [-0.39, 0.29) is 23.2 Å². The fourth-order valence-electron chi connectivity index (χ4n) is 3.06. The molecule has 3 atom stereocenters. The summed E-state index contributed by atoms with van der Waals surface area (Å²) in [6, 6.07) is 0.215. The maximum Gasteiger partial charge on any atom is 0.0938 e. The first-order valence-corrected chi connectivity index (χ1v) is 5.45. The van der Waals surface area contributed by atoms with Crippen LogP contribution < -0.4 is 0 Å². The minimum Gasteiger partial charge on any atom is -0.633 e. The molecule has 2 aliphatic rings. The Morgan fingerprint density at radius 1 is 1.15 bits per heavy atom. The molecule has 0 spiro atoms. The van der Waals surface area contributed by atoms with Crippen molar-refractivity contribution in [2.45, 2.75) is 38.1 Å². The third-order valence-corrected chi connectivity index (χ3v) is 3.78. The standard InChI is InChI=1S/C10H19NO2/c12-8-9-4-3-7-11(13)6-2-1-5-10(9)11/h9-10,12H,1-8H2/t9-,10-,11?/m1/s1. The van der Waals surface area contributed by atoms with Crippen LogP contribution in [0.2, 0.25) is 0 Å². The number of aliphatic hydroxyl groups is 1. The minimum absolute atomic E-state index is 0.00519. The number of quaternary nitrogens is 1. The zero-order chi connectivity index (χ0) is 9.31. The van der Waals surface area contributed by atoms with Crippen molar-refractivity contribution in [3.8, 4) is 0 Å². The molecule has 0 aromatic rings. The van der Waals surface area contributed by atoms with Crippen LogP contribution in [0.25, 0.3) is 0 Å². The van der Waals surface area contributed by atoms with Gasteiger partial charge in [-0.2, -0.15) is 0 Å². The molecule has 0 saturated carbocycles. The molecule has 2 aliphatic heterocycles. The fourth-order valence-corrected chi connectivity index (χ4v) is 3.06. The van der Waals surface area contributed by atoms with Crippen LogP contribution in [0.15, 0.2) is 0 Å². The first kappa shape index (κ1) is 9.44. The number of piperidine rings is 2. The molecule has 0 bridgehead atoms. The molecule has 0 radical (unpaired) electrons. The van der Waals surface area contributed by atoms with Crippen LogP contribution in [0.1, 0.15) is 32.1 Å². The van der Waals surface area contributed by atoms with E-state index in [1.54, 1.807) is 0 Å². The number of hydroxylamine groups is 3. The molecule has 0 aliphatic carbocycles. The van der Waals surface area contributed by atoms with Crippen molar-refractivity contribution >= 4 is 0 Å². The van der Waals surface area contributed by atoms with Crippen LogP contribution in [-0.4, -0.2) is 35.5 Å². The first-order chi connectivity index (χ1) is 6.26. The molecule has 0 aromatic heterocycles. The highest BCUT2D eigenvalue weighted by Gasteiger charge is 2.40. The summed E-state index contributed by atoms with van der Waals surface area (Å²) in [5.41, 5.74) is 0. The van der Waals surface area contributed by atoms with E-state index in [2.05, 4.69) is 0 Å². The average Bonchev–Trinajstić information content (AvgIpc) is 2.15. The second kappa shape index (κ2) is 3.56. The summed E-state index contributed by atoms with van der Waals surface area (Å²) in [4.78, 5) is 0. The third-order valence-electron chi connectivity index (χ3n) is 3.78. The zero-order valence-electron chi connectivity index (χ0n) is 8.11. The summed E-state index contributed by atoms with van der Waals surface area (Å²) in [7, 11) is 0. The molecule has 0 aromatic carbocycles. The van der Waals surface area contributed by atoms with E-state index in [0.29, 0.717) is 0 Å². The summed E-state index contributed by atoms with van der Waals surface area (Å²) >= 11 is 0. The van der Waals surface area contributed by atoms with Crippen molar-refractivity contribution in [2.24, 2.45) is 5.92 Å². The predicted molar refractivity (Wildman–Crippen MR) is 50.8 cm³/mol. The number of hydrogen-bond donors (Lipinski definition) is 1. The summed E-state index contributed by atoms with van der Waals surface area (Å²) in [6.45, 7) is 1.80. The Labute approximate surface area is 79.5 Å². The van der Waals surface area contributed by atoms with E-state index < -0.39 is 0 Å². The summed E-state index contributed by atoms with van der Waals surface area (Å²) in [5.74, 6) is 0.284. The smallest absolute Gasteiger partial charge is 0.0938 e. The predicted octanol–water partition coefficient (Wildman–Crippen LogP) is 1.26. The molecule has 0 amide bonds. The number of hydrogen-bond acceptors (Lipinski definition) is 2. The maximum absolute atomic E-state index is 12.3. The van der Waals surface area contributed by atoms with Crippen molar-refractivity contribution in [3.05, 3.63) is 5.21 Å². The largest absolute Gasteiger partial charge is 0.633 e. The average molecular weight is 185 g/mol. The summed E-state index contributed by atoms with van der Waals surface area (Å²) in [6.07, 6.45) is 5.37. The normalized spacial score (nSPS) is 45.7. The molecule has 2 saturated heterocycles. The van der Waals surface area contributed by atoms with E-state index in [1.807, 2.05) is 0 Å². The van der Waals surface area contributed by atoms with Gasteiger partial charge in [0.2, 0.25) is 0 Å². The second-order valence-electron chi connectivity index (χ2n) is 4.55. The molecule has 76 valence electrons. The van der Waals surface area contributed by atoms with E-state index in [1.165, 1.54) is 6.42 Å². The SMILES string of the molecule is [O-][N+]12CCCC[C@@H]1[C@@H](CO)CCC2. The van der Waals surface area contributed by atoms with Gasteiger partial charge < -0.3 is 15.0 Å². The van der Waals surface area contributed by atoms with Gasteiger partial charge in [-0.25, -0.2) is 0 Å². The summed E-state index contributed by atoms with van der Waals surface area (Å²) in [5, 5.41) is 21.5. The lowest BCUT2D eigenvalue weighted by molar-refractivity contribution is -0.920. The van der Waals surface area contributed by atoms with Gasteiger partial charge in [-0.3, -0.25) is 0 Å². The molecule has 3 heteroatoms. The molecular formula is C10H19NO2. The Morgan fingerprint density at radius 3 is 2.69 bits per heavy atom. The Balaban J connectivity index is 2.11. The molecule has 2 rings (SSSR count). The number of fused-ring (bicyclic) bond motifs is 1. The highest BCUT2D eigenvalue weighted by atomic mass is 16.5. The highest BCUT2D eigenvalue weighted by molar-refractivity contribution is 4.79. The van der Waals surface area contributed by atoms with Crippen LogP contribution in [0.5, 0.6) is 0 Å². The van der Waals surface area contributed by atoms with Crippen LogP contribution in [0.4, 0.5) is 0 Å². The van der Waals surface area contributed by atoms with Gasteiger partial charge in [-0.05, 0) is 25.7 Å². The molecule has 1 unspecified atom stereocenters. The van der Waals surface area contributed by atoms with Crippen molar-refractivity contribution in [3.63, 3.8) is 0 Å². The monoisotopic (exact) mass is 185 g/mol. The van der Waals surface area contributed by atoms with Gasteiger partial charge in [-0.15, -0.1) is 0 Å². The zero-order valence-corrected chi connectivity index (χ0v) is 8.11. The molecule has 1 N–H and O–H groups in total. The van der Waals surface area contributed by atoms with Gasteiger partial charge in [0.25, 0.3) is 0 Å². The maximum atomic E-state index is 12.3. The Bertz CT molecular complexity index is 182. The molecule has 13 heavy (non-hydrogen) atoms. The molecular weight excluding hydrogens is 166 g/mol. The quantitative estimate of drug-likeness (QED) is 0.493. The summed E-state index contributed by atoms with van der Waals surface area (Å²) < 4.78 is 0.00519. The molecule has 3 nitrogen and oxygen atoms in total. The van der Waals surface area contributed by atoms with E-state index in [0.717, 1.165) is 38.8 Å². The topological polar surface area (TPSA) is 43.3 Å². The lowest BCUT2D eigenvalue weighted by atomic mass is 9.83. The van der Waals surface area contributed by atoms with Gasteiger partial charge in [0, 0.05) is 12.3 Å². The first-order valence-electron chi connectivity index (χ1n) is 5.45. The van der Waals surface area contributed by atoms with Gasteiger partial charge in [0.05, 0.1) is 25.7 Å².